The van der Waals surface area contributed by atoms with E-state index in [2.05, 4.69) is 15.3 Å². The van der Waals surface area contributed by atoms with Gasteiger partial charge >= 0.3 is 0 Å². The number of hydrogen-bond donors (Lipinski definition) is 1. The molecule has 4 aromatic rings. The minimum absolute atomic E-state index is 0.384. The van der Waals surface area contributed by atoms with Crippen LogP contribution in [0.3, 0.4) is 0 Å². The van der Waals surface area contributed by atoms with Gasteiger partial charge in [-0.25, -0.2) is 5.10 Å². The molecule has 0 aliphatic carbocycles. The zero-order valence-electron chi connectivity index (χ0n) is 16.7. The molecule has 8 heteroatoms. The van der Waals surface area contributed by atoms with Gasteiger partial charge in [0.15, 0.2) is 17.3 Å². The van der Waals surface area contributed by atoms with Crippen LogP contribution in [0.15, 0.2) is 77.9 Å². The van der Waals surface area contributed by atoms with E-state index in [9.17, 15) is 0 Å². The van der Waals surface area contributed by atoms with Gasteiger partial charge in [0.25, 0.3) is 0 Å². The van der Waals surface area contributed by atoms with Gasteiger partial charge in [-0.3, -0.25) is 0 Å². The molecule has 0 saturated carbocycles. The normalized spacial score (nSPS) is 11.0. The molecule has 0 atom stereocenters. The van der Waals surface area contributed by atoms with Crippen molar-refractivity contribution in [2.24, 2.45) is 5.10 Å². The van der Waals surface area contributed by atoms with Crippen LogP contribution < -0.4 is 9.47 Å². The highest BCUT2D eigenvalue weighted by atomic mass is 35.5. The Morgan fingerprint density at radius 2 is 1.90 bits per heavy atom. The van der Waals surface area contributed by atoms with Crippen LogP contribution >= 0.6 is 23.8 Å². The summed E-state index contributed by atoms with van der Waals surface area (Å²) < 4.78 is 13.4. The molecule has 31 heavy (non-hydrogen) atoms. The summed E-state index contributed by atoms with van der Waals surface area (Å²) in [6.07, 6.45) is 1.70. The van der Waals surface area contributed by atoms with Crippen molar-refractivity contribution >= 4 is 30.0 Å². The summed E-state index contributed by atoms with van der Waals surface area (Å²) in [4.78, 5) is 0. The molecule has 0 amide bonds. The van der Waals surface area contributed by atoms with Crippen molar-refractivity contribution in [1.29, 1.82) is 0 Å². The first kappa shape index (κ1) is 20.8. The molecule has 4 rings (SSSR count). The lowest BCUT2D eigenvalue weighted by Crippen LogP contribution is -1.99. The first-order valence-electron chi connectivity index (χ1n) is 9.46. The first-order chi connectivity index (χ1) is 15.1. The maximum absolute atomic E-state index is 6.03. The molecule has 0 aliphatic rings. The summed E-state index contributed by atoms with van der Waals surface area (Å²) >= 11 is 11.4. The molecule has 1 aromatic heterocycles. The van der Waals surface area contributed by atoms with Crippen LogP contribution in [0.2, 0.25) is 5.02 Å². The summed E-state index contributed by atoms with van der Waals surface area (Å²) in [5, 5.41) is 12.2. The lowest BCUT2D eigenvalue weighted by molar-refractivity contribution is 0.284. The SMILES string of the molecule is COc1cc(/C=N\n2c(-c3ccccc3)n[nH]c2=S)ccc1OCc1cccc(Cl)c1. The van der Waals surface area contributed by atoms with Crippen molar-refractivity contribution < 1.29 is 9.47 Å². The van der Waals surface area contributed by atoms with Crippen LogP contribution in [0, 0.1) is 4.77 Å². The Morgan fingerprint density at radius 1 is 1.06 bits per heavy atom. The molecule has 3 aromatic carbocycles. The van der Waals surface area contributed by atoms with Crippen LogP contribution in [0.25, 0.3) is 11.4 Å². The van der Waals surface area contributed by atoms with Crippen molar-refractivity contribution in [2.75, 3.05) is 7.11 Å². The first-order valence-corrected chi connectivity index (χ1v) is 10.2. The van der Waals surface area contributed by atoms with Crippen molar-refractivity contribution in [3.63, 3.8) is 0 Å². The summed E-state index contributed by atoms with van der Waals surface area (Å²) in [6.45, 7) is 0.384. The average Bonchev–Trinajstić information content (AvgIpc) is 3.17. The molecule has 0 spiro atoms. The molecule has 6 nitrogen and oxygen atoms in total. The molecule has 0 radical (unpaired) electrons. The van der Waals surface area contributed by atoms with Gasteiger partial charge < -0.3 is 9.47 Å². The fourth-order valence-corrected chi connectivity index (χ4v) is 3.36. The van der Waals surface area contributed by atoms with Gasteiger partial charge in [-0.1, -0.05) is 54.1 Å². The molecule has 0 saturated heterocycles. The second-order valence-electron chi connectivity index (χ2n) is 6.60. The van der Waals surface area contributed by atoms with E-state index < -0.39 is 0 Å². The Labute approximate surface area is 189 Å². The van der Waals surface area contributed by atoms with Crippen molar-refractivity contribution in [2.45, 2.75) is 6.61 Å². The summed E-state index contributed by atoms with van der Waals surface area (Å²) in [5.74, 6) is 1.87. The number of halogens is 1. The molecule has 1 heterocycles. The quantitative estimate of drug-likeness (QED) is 0.288. The number of H-pyrrole nitrogens is 1. The number of aromatic amines is 1. The standard InChI is InChI=1S/C23H19ClN4O2S/c1-29-21-13-16(10-11-20(21)30-15-17-6-5-9-19(24)12-17)14-25-28-22(26-27-23(28)31)18-7-3-2-4-8-18/h2-14H,15H2,1H3,(H,27,31)/b25-14-. The number of rotatable bonds is 7. The minimum atomic E-state index is 0.384. The molecule has 156 valence electrons. The predicted molar refractivity (Wildman–Crippen MR) is 125 cm³/mol. The van der Waals surface area contributed by atoms with E-state index in [4.69, 9.17) is 33.3 Å². The summed E-state index contributed by atoms with van der Waals surface area (Å²) in [6, 6.07) is 22.9. The summed E-state index contributed by atoms with van der Waals surface area (Å²) in [7, 11) is 1.60. The number of aromatic nitrogens is 3. The number of methoxy groups -OCH3 is 1. The number of benzene rings is 3. The summed E-state index contributed by atoms with van der Waals surface area (Å²) in [5.41, 5.74) is 2.71. The fraction of sp³-hybridized carbons (Fsp3) is 0.0870. The Balaban J connectivity index is 1.54. The highest BCUT2D eigenvalue weighted by Gasteiger charge is 2.09. The molecule has 0 aliphatic heterocycles. The Bertz CT molecular complexity index is 1270. The van der Waals surface area contributed by atoms with Crippen LogP contribution in [-0.4, -0.2) is 28.2 Å². The van der Waals surface area contributed by atoms with E-state index in [-0.39, 0.29) is 0 Å². The van der Waals surface area contributed by atoms with Crippen molar-refractivity contribution in [3.05, 3.63) is 93.7 Å². The number of hydrogen-bond acceptors (Lipinski definition) is 5. The Kier molecular flexibility index (Phi) is 6.45. The average molecular weight is 451 g/mol. The van der Waals surface area contributed by atoms with Gasteiger partial charge in [0.2, 0.25) is 4.77 Å². The molecule has 0 bridgehead atoms. The maximum atomic E-state index is 6.03. The smallest absolute Gasteiger partial charge is 0.216 e. The fourth-order valence-electron chi connectivity index (χ4n) is 2.97. The van der Waals surface area contributed by atoms with Crippen LogP contribution in [0.5, 0.6) is 11.5 Å². The van der Waals surface area contributed by atoms with Crippen LogP contribution in [0.1, 0.15) is 11.1 Å². The van der Waals surface area contributed by atoms with E-state index in [0.717, 1.165) is 16.7 Å². The number of ether oxygens (including phenoxy) is 2. The van der Waals surface area contributed by atoms with Gasteiger partial charge in [0.1, 0.15) is 6.61 Å². The highest BCUT2D eigenvalue weighted by molar-refractivity contribution is 7.71. The lowest BCUT2D eigenvalue weighted by atomic mass is 10.2. The molecular formula is C23H19ClN4O2S. The topological polar surface area (TPSA) is 64.4 Å². The van der Waals surface area contributed by atoms with Crippen molar-refractivity contribution in [3.8, 4) is 22.9 Å². The van der Waals surface area contributed by atoms with Gasteiger partial charge in [-0.2, -0.15) is 14.9 Å². The molecule has 0 unspecified atom stereocenters. The third-order valence-corrected chi connectivity index (χ3v) is 4.98. The third-order valence-electron chi connectivity index (χ3n) is 4.48. The monoisotopic (exact) mass is 450 g/mol. The Hall–Kier alpha value is -3.42. The minimum Gasteiger partial charge on any atom is -0.493 e. The van der Waals surface area contributed by atoms with Gasteiger partial charge in [-0.05, 0) is 53.7 Å². The molecular weight excluding hydrogens is 432 g/mol. The van der Waals surface area contributed by atoms with E-state index in [1.165, 1.54) is 0 Å². The number of nitrogens with one attached hydrogen (secondary N) is 1. The van der Waals surface area contributed by atoms with Crippen molar-refractivity contribution in [1.82, 2.24) is 14.9 Å². The van der Waals surface area contributed by atoms with Crippen LogP contribution in [0.4, 0.5) is 0 Å². The third kappa shape index (κ3) is 5.02. The predicted octanol–water partition coefficient (Wildman–Crippen LogP) is 5.73. The largest absolute Gasteiger partial charge is 0.493 e. The number of nitrogens with zero attached hydrogens (tertiary/aromatic N) is 3. The van der Waals surface area contributed by atoms with Gasteiger partial charge in [-0.15, -0.1) is 0 Å². The second kappa shape index (κ2) is 9.59. The highest BCUT2D eigenvalue weighted by Crippen LogP contribution is 2.28. The van der Waals surface area contributed by atoms with Crippen LogP contribution in [-0.2, 0) is 6.61 Å². The second-order valence-corrected chi connectivity index (χ2v) is 7.43. The maximum Gasteiger partial charge on any atom is 0.216 e. The van der Waals surface area contributed by atoms with Gasteiger partial charge in [0, 0.05) is 10.6 Å². The van der Waals surface area contributed by atoms with Gasteiger partial charge in [0.05, 0.1) is 13.3 Å². The van der Waals surface area contributed by atoms with E-state index in [0.29, 0.717) is 33.7 Å². The van der Waals surface area contributed by atoms with E-state index in [1.54, 1.807) is 18.0 Å². The molecule has 1 N–H and O–H groups in total. The van der Waals surface area contributed by atoms with E-state index >= 15 is 0 Å². The zero-order chi connectivity index (χ0) is 21.6. The molecule has 0 fully saturated rings. The zero-order valence-corrected chi connectivity index (χ0v) is 18.2. The Morgan fingerprint density at radius 3 is 2.68 bits per heavy atom. The lowest BCUT2D eigenvalue weighted by Gasteiger charge is -2.11. The van der Waals surface area contributed by atoms with E-state index in [1.807, 2.05) is 72.8 Å².